The molecule has 0 spiro atoms. The highest BCUT2D eigenvalue weighted by molar-refractivity contribution is 5.54. The highest BCUT2D eigenvalue weighted by Gasteiger charge is 2.18. The fourth-order valence-corrected chi connectivity index (χ4v) is 2.35. The molecule has 6 heteroatoms. The van der Waals surface area contributed by atoms with Crippen LogP contribution in [-0.4, -0.2) is 29.5 Å². The van der Waals surface area contributed by atoms with Gasteiger partial charge >= 0.3 is 0 Å². The standard InChI is InChI=1S/C14H17N5O/c1-10(2)19-14(15-9-17-19)7-13(20)11-8-16-18-6-4-3-5-12(11)18/h3-6,8-10,13,20H,7H2,1-2H3. The van der Waals surface area contributed by atoms with Gasteiger partial charge in [-0.2, -0.15) is 10.2 Å². The van der Waals surface area contributed by atoms with Gasteiger partial charge in [-0.3, -0.25) is 0 Å². The predicted molar refractivity (Wildman–Crippen MR) is 74.3 cm³/mol. The summed E-state index contributed by atoms with van der Waals surface area (Å²) in [4.78, 5) is 4.23. The summed E-state index contributed by atoms with van der Waals surface area (Å²) in [5, 5.41) is 18.9. The second-order valence-corrected chi connectivity index (χ2v) is 5.06. The third kappa shape index (κ3) is 2.18. The molecule has 0 aliphatic heterocycles. The van der Waals surface area contributed by atoms with E-state index in [1.165, 1.54) is 6.33 Å². The maximum absolute atomic E-state index is 10.5. The van der Waals surface area contributed by atoms with Gasteiger partial charge in [0.25, 0.3) is 0 Å². The van der Waals surface area contributed by atoms with Crippen LogP contribution in [0, 0.1) is 0 Å². The zero-order chi connectivity index (χ0) is 14.1. The van der Waals surface area contributed by atoms with Gasteiger partial charge < -0.3 is 5.11 Å². The second-order valence-electron chi connectivity index (χ2n) is 5.06. The van der Waals surface area contributed by atoms with Crippen LogP contribution in [0.2, 0.25) is 0 Å². The Bertz CT molecular complexity index is 715. The first-order chi connectivity index (χ1) is 9.66. The minimum absolute atomic E-state index is 0.226. The predicted octanol–water partition coefficient (Wildman–Crippen LogP) is 1.78. The van der Waals surface area contributed by atoms with Crippen LogP contribution >= 0.6 is 0 Å². The lowest BCUT2D eigenvalue weighted by molar-refractivity contribution is 0.175. The molecular weight excluding hydrogens is 254 g/mol. The van der Waals surface area contributed by atoms with Crippen LogP contribution in [0.3, 0.4) is 0 Å². The van der Waals surface area contributed by atoms with Crippen LogP contribution in [0.25, 0.3) is 5.52 Å². The van der Waals surface area contributed by atoms with E-state index in [0.29, 0.717) is 6.42 Å². The summed E-state index contributed by atoms with van der Waals surface area (Å²) in [7, 11) is 0. The molecule has 1 N–H and O–H groups in total. The van der Waals surface area contributed by atoms with E-state index in [9.17, 15) is 5.11 Å². The maximum atomic E-state index is 10.5. The summed E-state index contributed by atoms with van der Waals surface area (Å²) in [5.74, 6) is 0.780. The van der Waals surface area contributed by atoms with Gasteiger partial charge in [-0.25, -0.2) is 14.2 Å². The number of hydrogen-bond acceptors (Lipinski definition) is 4. The molecule has 20 heavy (non-hydrogen) atoms. The number of aliphatic hydroxyl groups is 1. The smallest absolute Gasteiger partial charge is 0.138 e. The Morgan fingerprint density at radius 3 is 2.90 bits per heavy atom. The van der Waals surface area contributed by atoms with Gasteiger partial charge in [0, 0.05) is 24.2 Å². The second kappa shape index (κ2) is 5.05. The van der Waals surface area contributed by atoms with Crippen molar-refractivity contribution in [3.8, 4) is 0 Å². The van der Waals surface area contributed by atoms with Crippen molar-refractivity contribution in [2.75, 3.05) is 0 Å². The Kier molecular flexibility index (Phi) is 3.23. The average Bonchev–Trinajstić information content (AvgIpc) is 3.04. The Hall–Kier alpha value is -2.21. The Balaban J connectivity index is 1.89. The van der Waals surface area contributed by atoms with E-state index in [2.05, 4.69) is 15.2 Å². The van der Waals surface area contributed by atoms with E-state index in [4.69, 9.17) is 0 Å². The summed E-state index contributed by atoms with van der Waals surface area (Å²) in [6.07, 6.45) is 4.88. The minimum Gasteiger partial charge on any atom is -0.388 e. The molecule has 3 heterocycles. The molecule has 0 amide bonds. The number of aliphatic hydroxyl groups excluding tert-OH is 1. The molecule has 0 bridgehead atoms. The Labute approximate surface area is 116 Å². The van der Waals surface area contributed by atoms with Gasteiger partial charge in [0.05, 0.1) is 17.8 Å². The Morgan fingerprint density at radius 1 is 1.25 bits per heavy atom. The number of pyridine rings is 1. The maximum Gasteiger partial charge on any atom is 0.138 e. The molecule has 3 aromatic rings. The summed E-state index contributed by atoms with van der Waals surface area (Å²) in [6, 6.07) is 6.01. The molecule has 104 valence electrons. The number of aromatic nitrogens is 5. The van der Waals surface area contributed by atoms with Crippen molar-refractivity contribution < 1.29 is 5.11 Å². The topological polar surface area (TPSA) is 68.2 Å². The van der Waals surface area contributed by atoms with Crippen molar-refractivity contribution in [2.24, 2.45) is 0 Å². The van der Waals surface area contributed by atoms with Crippen molar-refractivity contribution in [1.29, 1.82) is 0 Å². The van der Waals surface area contributed by atoms with Crippen molar-refractivity contribution in [1.82, 2.24) is 24.4 Å². The summed E-state index contributed by atoms with van der Waals surface area (Å²) in [5.41, 5.74) is 1.72. The van der Waals surface area contributed by atoms with Gasteiger partial charge in [-0.05, 0) is 26.0 Å². The highest BCUT2D eigenvalue weighted by atomic mass is 16.3. The molecule has 0 aromatic carbocycles. The third-order valence-corrected chi connectivity index (χ3v) is 3.33. The van der Waals surface area contributed by atoms with Crippen molar-refractivity contribution in [3.05, 3.63) is 48.3 Å². The van der Waals surface area contributed by atoms with Crippen LogP contribution in [-0.2, 0) is 6.42 Å². The molecule has 0 radical (unpaired) electrons. The minimum atomic E-state index is -0.642. The summed E-state index contributed by atoms with van der Waals surface area (Å²) < 4.78 is 3.58. The first-order valence-electron chi connectivity index (χ1n) is 6.65. The molecule has 0 saturated heterocycles. The van der Waals surface area contributed by atoms with Gasteiger partial charge in [0.15, 0.2) is 0 Å². The molecule has 6 nitrogen and oxygen atoms in total. The molecule has 1 atom stereocenters. The van der Waals surface area contributed by atoms with Crippen LogP contribution in [0.5, 0.6) is 0 Å². The number of nitrogens with zero attached hydrogens (tertiary/aromatic N) is 5. The molecule has 0 saturated carbocycles. The van der Waals surface area contributed by atoms with E-state index in [1.54, 1.807) is 10.7 Å². The van der Waals surface area contributed by atoms with E-state index in [-0.39, 0.29) is 6.04 Å². The molecule has 0 aliphatic carbocycles. The lowest BCUT2D eigenvalue weighted by Gasteiger charge is -2.12. The normalized spacial score (nSPS) is 13.2. The fourth-order valence-electron chi connectivity index (χ4n) is 2.35. The number of hydrogen-bond donors (Lipinski definition) is 1. The zero-order valence-corrected chi connectivity index (χ0v) is 11.5. The lowest BCUT2D eigenvalue weighted by atomic mass is 10.1. The van der Waals surface area contributed by atoms with Crippen molar-refractivity contribution in [2.45, 2.75) is 32.4 Å². The van der Waals surface area contributed by atoms with E-state index >= 15 is 0 Å². The molecule has 3 rings (SSSR count). The number of fused-ring (bicyclic) bond motifs is 1. The highest BCUT2D eigenvalue weighted by Crippen LogP contribution is 2.22. The largest absolute Gasteiger partial charge is 0.388 e. The van der Waals surface area contributed by atoms with Crippen LogP contribution in [0.15, 0.2) is 36.9 Å². The van der Waals surface area contributed by atoms with E-state index in [0.717, 1.165) is 16.9 Å². The lowest BCUT2D eigenvalue weighted by Crippen LogP contribution is -2.12. The van der Waals surface area contributed by atoms with Crippen molar-refractivity contribution in [3.63, 3.8) is 0 Å². The fraction of sp³-hybridized carbons (Fsp3) is 0.357. The van der Waals surface area contributed by atoms with E-state index < -0.39 is 6.10 Å². The molecule has 0 fully saturated rings. The average molecular weight is 271 g/mol. The molecule has 0 aliphatic rings. The van der Waals surface area contributed by atoms with Gasteiger partial charge in [-0.1, -0.05) is 6.07 Å². The molecule has 1 unspecified atom stereocenters. The zero-order valence-electron chi connectivity index (χ0n) is 11.5. The van der Waals surface area contributed by atoms with Gasteiger partial charge in [0.2, 0.25) is 0 Å². The van der Waals surface area contributed by atoms with Crippen LogP contribution in [0.4, 0.5) is 0 Å². The molecule has 3 aromatic heterocycles. The first-order valence-corrected chi connectivity index (χ1v) is 6.65. The van der Waals surface area contributed by atoms with Crippen LogP contribution < -0.4 is 0 Å². The first kappa shape index (κ1) is 12.8. The SMILES string of the molecule is CC(C)n1ncnc1CC(O)c1cnn2ccccc12. The number of rotatable bonds is 4. The Morgan fingerprint density at radius 2 is 2.10 bits per heavy atom. The molecular formula is C14H17N5O. The van der Waals surface area contributed by atoms with Gasteiger partial charge in [-0.15, -0.1) is 0 Å². The summed E-state index contributed by atoms with van der Waals surface area (Å²) in [6.45, 7) is 4.08. The van der Waals surface area contributed by atoms with Gasteiger partial charge in [0.1, 0.15) is 12.2 Å². The quantitative estimate of drug-likeness (QED) is 0.785. The van der Waals surface area contributed by atoms with Crippen molar-refractivity contribution >= 4 is 5.52 Å². The third-order valence-electron chi connectivity index (χ3n) is 3.33. The van der Waals surface area contributed by atoms with E-state index in [1.807, 2.05) is 42.9 Å². The summed E-state index contributed by atoms with van der Waals surface area (Å²) >= 11 is 0. The monoisotopic (exact) mass is 271 g/mol. The van der Waals surface area contributed by atoms with Crippen LogP contribution in [0.1, 0.15) is 37.4 Å².